The maximum absolute atomic E-state index is 13.5. The molecule has 32 heavy (non-hydrogen) atoms. The monoisotopic (exact) mass is 456 g/mol. The summed E-state index contributed by atoms with van der Waals surface area (Å²) < 4.78 is 46.4. The van der Waals surface area contributed by atoms with Crippen LogP contribution in [0.1, 0.15) is 24.1 Å². The summed E-state index contributed by atoms with van der Waals surface area (Å²) in [6.07, 6.45) is 0. The smallest absolute Gasteiger partial charge is 0.264 e. The summed E-state index contributed by atoms with van der Waals surface area (Å²) in [5.41, 5.74) is 1.74. The minimum Gasteiger partial charge on any atom is -0.496 e. The van der Waals surface area contributed by atoms with Gasteiger partial charge < -0.3 is 10.1 Å². The van der Waals surface area contributed by atoms with Crippen LogP contribution in [0.15, 0.2) is 77.7 Å². The van der Waals surface area contributed by atoms with Crippen LogP contribution in [0.4, 0.5) is 10.1 Å². The average Bonchev–Trinajstić information content (AvgIpc) is 2.78. The maximum Gasteiger partial charge on any atom is 0.264 e. The first kappa shape index (κ1) is 23.3. The minimum atomic E-state index is -4.04. The predicted octanol–water partition coefficient (Wildman–Crippen LogP) is 4.22. The fourth-order valence-electron chi connectivity index (χ4n) is 3.30. The zero-order chi connectivity index (χ0) is 23.3. The molecule has 8 heteroatoms. The van der Waals surface area contributed by atoms with E-state index in [2.05, 4.69) is 5.32 Å². The van der Waals surface area contributed by atoms with Gasteiger partial charge in [0.15, 0.2) is 0 Å². The van der Waals surface area contributed by atoms with Crippen molar-refractivity contribution in [3.05, 3.63) is 89.7 Å². The number of ether oxygens (including phenoxy) is 1. The predicted molar refractivity (Wildman–Crippen MR) is 122 cm³/mol. The van der Waals surface area contributed by atoms with E-state index in [0.29, 0.717) is 22.6 Å². The normalized spacial score (nSPS) is 12.1. The molecule has 1 N–H and O–H groups in total. The number of para-hydroxylation sites is 1. The Morgan fingerprint density at radius 2 is 1.72 bits per heavy atom. The summed E-state index contributed by atoms with van der Waals surface area (Å²) in [7, 11) is -2.52. The first-order chi connectivity index (χ1) is 15.2. The number of amides is 1. The van der Waals surface area contributed by atoms with E-state index in [4.69, 9.17) is 4.74 Å². The Hall–Kier alpha value is -3.39. The molecule has 0 aliphatic heterocycles. The number of hydrogen-bond acceptors (Lipinski definition) is 4. The van der Waals surface area contributed by atoms with Crippen molar-refractivity contribution in [1.29, 1.82) is 0 Å². The molecule has 0 heterocycles. The number of anilines is 1. The zero-order valence-corrected chi connectivity index (χ0v) is 18.9. The van der Waals surface area contributed by atoms with Crippen LogP contribution in [0.5, 0.6) is 5.75 Å². The lowest BCUT2D eigenvalue weighted by Crippen LogP contribution is -2.41. The Bertz CT molecular complexity index is 1180. The number of halogens is 1. The van der Waals surface area contributed by atoms with Crippen molar-refractivity contribution >= 4 is 21.6 Å². The van der Waals surface area contributed by atoms with Gasteiger partial charge in [-0.25, -0.2) is 12.8 Å². The van der Waals surface area contributed by atoms with Crippen LogP contribution in [-0.2, 0) is 14.8 Å². The molecular weight excluding hydrogens is 431 g/mol. The Morgan fingerprint density at radius 1 is 1.06 bits per heavy atom. The summed E-state index contributed by atoms with van der Waals surface area (Å²) in [5.74, 6) is -0.288. The third-order valence-electron chi connectivity index (χ3n) is 5.03. The van der Waals surface area contributed by atoms with Crippen LogP contribution >= 0.6 is 0 Å². The molecule has 0 aliphatic carbocycles. The van der Waals surface area contributed by atoms with E-state index in [1.54, 1.807) is 62.4 Å². The molecule has 3 aromatic carbocycles. The first-order valence-electron chi connectivity index (χ1n) is 9.99. The summed E-state index contributed by atoms with van der Waals surface area (Å²) >= 11 is 0. The van der Waals surface area contributed by atoms with Gasteiger partial charge in [0.1, 0.15) is 18.1 Å². The van der Waals surface area contributed by atoms with Gasteiger partial charge in [-0.1, -0.05) is 30.3 Å². The molecular formula is C24H25FN2O4S. The van der Waals surface area contributed by atoms with E-state index in [1.807, 2.05) is 0 Å². The summed E-state index contributed by atoms with van der Waals surface area (Å²) in [6.45, 7) is 3.09. The summed E-state index contributed by atoms with van der Waals surface area (Å²) in [6, 6.07) is 18.3. The van der Waals surface area contributed by atoms with E-state index < -0.39 is 28.5 Å². The van der Waals surface area contributed by atoms with Crippen molar-refractivity contribution < 1.29 is 22.3 Å². The number of nitrogens with one attached hydrogen (secondary N) is 1. The highest BCUT2D eigenvalue weighted by molar-refractivity contribution is 7.92. The summed E-state index contributed by atoms with van der Waals surface area (Å²) in [4.78, 5) is 12.9. The van der Waals surface area contributed by atoms with Crippen molar-refractivity contribution in [3.8, 4) is 5.75 Å². The second-order valence-electron chi connectivity index (χ2n) is 7.32. The average molecular weight is 457 g/mol. The number of sulfonamides is 1. The molecule has 1 atom stereocenters. The lowest BCUT2D eigenvalue weighted by Gasteiger charge is -2.25. The molecule has 0 fully saturated rings. The maximum atomic E-state index is 13.5. The number of methoxy groups -OCH3 is 1. The highest BCUT2D eigenvalue weighted by atomic mass is 32.2. The van der Waals surface area contributed by atoms with Crippen LogP contribution in [0.3, 0.4) is 0 Å². The molecule has 3 rings (SSSR count). The Morgan fingerprint density at radius 3 is 2.31 bits per heavy atom. The lowest BCUT2D eigenvalue weighted by molar-refractivity contribution is -0.120. The van der Waals surface area contributed by atoms with Crippen molar-refractivity contribution in [2.45, 2.75) is 24.8 Å². The van der Waals surface area contributed by atoms with Gasteiger partial charge in [0.2, 0.25) is 5.91 Å². The van der Waals surface area contributed by atoms with Crippen molar-refractivity contribution in [1.82, 2.24) is 5.32 Å². The van der Waals surface area contributed by atoms with E-state index in [-0.39, 0.29) is 10.7 Å². The summed E-state index contributed by atoms with van der Waals surface area (Å²) in [5, 5.41) is 2.78. The first-order valence-corrected chi connectivity index (χ1v) is 11.4. The molecule has 168 valence electrons. The lowest BCUT2D eigenvalue weighted by atomic mass is 10.1. The molecule has 0 aliphatic rings. The molecule has 3 aromatic rings. The number of rotatable bonds is 8. The molecule has 0 saturated heterocycles. The van der Waals surface area contributed by atoms with Gasteiger partial charge in [0.05, 0.1) is 23.7 Å². The van der Waals surface area contributed by atoms with E-state index in [9.17, 15) is 17.6 Å². The van der Waals surface area contributed by atoms with Crippen molar-refractivity contribution in [3.63, 3.8) is 0 Å². The number of hydrogen-bond donors (Lipinski definition) is 1. The number of carbonyl (C=O) groups excluding carboxylic acids is 1. The number of carbonyl (C=O) groups is 1. The molecule has 1 amide bonds. The Labute approximate surface area is 187 Å². The third-order valence-corrected chi connectivity index (χ3v) is 6.80. The number of aryl methyl sites for hydroxylation is 1. The third kappa shape index (κ3) is 5.26. The van der Waals surface area contributed by atoms with Crippen LogP contribution in [0.2, 0.25) is 0 Å². The molecule has 0 spiro atoms. The molecule has 0 bridgehead atoms. The quantitative estimate of drug-likeness (QED) is 0.551. The Kier molecular flexibility index (Phi) is 7.15. The second kappa shape index (κ2) is 9.82. The van der Waals surface area contributed by atoms with Gasteiger partial charge in [0.25, 0.3) is 10.0 Å². The number of benzene rings is 3. The fraction of sp³-hybridized carbons (Fsp3) is 0.208. The van der Waals surface area contributed by atoms with Crippen LogP contribution in [0.25, 0.3) is 0 Å². The van der Waals surface area contributed by atoms with Crippen LogP contribution in [0, 0.1) is 12.7 Å². The van der Waals surface area contributed by atoms with Gasteiger partial charge in [-0.15, -0.1) is 0 Å². The highest BCUT2D eigenvalue weighted by Gasteiger charge is 2.28. The highest BCUT2D eigenvalue weighted by Crippen LogP contribution is 2.27. The molecule has 0 radical (unpaired) electrons. The van der Waals surface area contributed by atoms with Crippen LogP contribution in [-0.4, -0.2) is 28.0 Å². The largest absolute Gasteiger partial charge is 0.496 e. The van der Waals surface area contributed by atoms with Gasteiger partial charge in [-0.3, -0.25) is 9.10 Å². The molecule has 0 saturated carbocycles. The molecule has 6 nitrogen and oxygen atoms in total. The minimum absolute atomic E-state index is 0.0547. The van der Waals surface area contributed by atoms with Gasteiger partial charge in [0, 0.05) is 0 Å². The fourth-order valence-corrected chi connectivity index (χ4v) is 4.81. The van der Waals surface area contributed by atoms with Gasteiger partial charge >= 0.3 is 0 Å². The Balaban J connectivity index is 1.88. The van der Waals surface area contributed by atoms with Crippen molar-refractivity contribution in [2.75, 3.05) is 18.0 Å². The number of nitrogens with zero attached hydrogens (tertiary/aromatic N) is 1. The van der Waals surface area contributed by atoms with Gasteiger partial charge in [-0.2, -0.15) is 0 Å². The SMILES string of the molecule is COc1ccc(S(=O)(=O)N(CC(=O)NC(C)c2ccc(F)cc2)c2ccccc2)cc1C. The molecule has 1 unspecified atom stereocenters. The standard InChI is InChI=1S/C24H25FN2O4S/c1-17-15-22(13-14-23(17)31-3)32(29,30)27(21-7-5-4-6-8-21)16-24(28)26-18(2)19-9-11-20(25)12-10-19/h4-15,18H,16H2,1-3H3,(H,26,28). The van der Waals surface area contributed by atoms with E-state index >= 15 is 0 Å². The van der Waals surface area contributed by atoms with Gasteiger partial charge in [-0.05, 0) is 67.4 Å². The van der Waals surface area contributed by atoms with E-state index in [1.165, 1.54) is 31.4 Å². The van der Waals surface area contributed by atoms with Crippen LogP contribution < -0.4 is 14.4 Å². The van der Waals surface area contributed by atoms with Crippen molar-refractivity contribution in [2.24, 2.45) is 0 Å². The molecule has 0 aromatic heterocycles. The topological polar surface area (TPSA) is 75.7 Å². The second-order valence-corrected chi connectivity index (χ2v) is 9.18. The zero-order valence-electron chi connectivity index (χ0n) is 18.1. The van der Waals surface area contributed by atoms with E-state index in [0.717, 1.165) is 4.31 Å².